The van der Waals surface area contributed by atoms with E-state index in [0.717, 1.165) is 0 Å². The maximum atomic E-state index is 12.0. The molecule has 1 saturated carbocycles. The standard InChI is InChI=1S/C16H20Cl2N2O2/c17-12-6-7-13(14(18)8-12)16(22)20-10-15(21)19-9-11-4-2-1-3-5-11/h6-8,11H,1-5,9-10H2,(H,19,21)(H,20,22). The predicted octanol–water partition coefficient (Wildman–Crippen LogP) is 3.42. The van der Waals surface area contributed by atoms with Crippen LogP contribution in [0, 0.1) is 5.92 Å². The lowest BCUT2D eigenvalue weighted by Gasteiger charge is -2.21. The fourth-order valence-corrected chi connectivity index (χ4v) is 3.14. The van der Waals surface area contributed by atoms with Crippen LogP contribution in [0.25, 0.3) is 0 Å². The Morgan fingerprint density at radius 3 is 2.50 bits per heavy atom. The molecule has 0 radical (unpaired) electrons. The van der Waals surface area contributed by atoms with E-state index in [1.54, 1.807) is 12.1 Å². The molecular formula is C16H20Cl2N2O2. The molecule has 0 spiro atoms. The van der Waals surface area contributed by atoms with Crippen molar-refractivity contribution < 1.29 is 9.59 Å². The summed E-state index contributed by atoms with van der Waals surface area (Å²) in [6, 6.07) is 4.63. The van der Waals surface area contributed by atoms with E-state index in [2.05, 4.69) is 10.6 Å². The summed E-state index contributed by atoms with van der Waals surface area (Å²) < 4.78 is 0. The van der Waals surface area contributed by atoms with Crippen molar-refractivity contribution in [2.24, 2.45) is 5.92 Å². The number of hydrogen-bond acceptors (Lipinski definition) is 2. The second-order valence-corrected chi connectivity index (χ2v) is 6.46. The summed E-state index contributed by atoms with van der Waals surface area (Å²) in [5.74, 6) is 0.0117. The Labute approximate surface area is 140 Å². The van der Waals surface area contributed by atoms with E-state index in [0.29, 0.717) is 23.0 Å². The number of carbonyl (C=O) groups is 2. The van der Waals surface area contributed by atoms with E-state index >= 15 is 0 Å². The molecular weight excluding hydrogens is 323 g/mol. The molecule has 0 unspecified atom stereocenters. The molecule has 1 aliphatic rings. The summed E-state index contributed by atoms with van der Waals surface area (Å²) >= 11 is 11.7. The average Bonchev–Trinajstić information content (AvgIpc) is 2.51. The fraction of sp³-hybridized carbons (Fsp3) is 0.500. The highest BCUT2D eigenvalue weighted by Gasteiger charge is 2.15. The Kier molecular flexibility index (Phi) is 6.52. The van der Waals surface area contributed by atoms with Gasteiger partial charge < -0.3 is 10.6 Å². The first-order valence-electron chi connectivity index (χ1n) is 7.56. The molecule has 0 aliphatic heterocycles. The summed E-state index contributed by atoms with van der Waals surface area (Å²) in [5, 5.41) is 6.18. The molecule has 0 aromatic heterocycles. The van der Waals surface area contributed by atoms with Gasteiger partial charge in [0, 0.05) is 11.6 Å². The highest BCUT2D eigenvalue weighted by molar-refractivity contribution is 6.36. The van der Waals surface area contributed by atoms with Crippen LogP contribution >= 0.6 is 23.2 Å². The van der Waals surface area contributed by atoms with Gasteiger partial charge in [0.15, 0.2) is 0 Å². The monoisotopic (exact) mass is 342 g/mol. The molecule has 1 aliphatic carbocycles. The van der Waals surface area contributed by atoms with Crippen LogP contribution in [0.1, 0.15) is 42.5 Å². The Hall–Kier alpha value is -1.26. The van der Waals surface area contributed by atoms with E-state index < -0.39 is 0 Å². The van der Waals surface area contributed by atoms with Crippen LogP contribution in [0.15, 0.2) is 18.2 Å². The lowest BCUT2D eigenvalue weighted by molar-refractivity contribution is -0.120. The third-order valence-corrected chi connectivity index (χ3v) is 4.45. The second kappa shape index (κ2) is 8.39. The molecule has 2 N–H and O–H groups in total. The zero-order valence-corrected chi connectivity index (χ0v) is 13.8. The topological polar surface area (TPSA) is 58.2 Å². The first-order chi connectivity index (χ1) is 10.6. The summed E-state index contributed by atoms with van der Waals surface area (Å²) in [4.78, 5) is 23.7. The zero-order chi connectivity index (χ0) is 15.9. The van der Waals surface area contributed by atoms with Gasteiger partial charge in [-0.2, -0.15) is 0 Å². The molecule has 0 heterocycles. The van der Waals surface area contributed by atoms with E-state index in [9.17, 15) is 9.59 Å². The normalized spacial score (nSPS) is 15.4. The lowest BCUT2D eigenvalue weighted by Crippen LogP contribution is -2.39. The van der Waals surface area contributed by atoms with Gasteiger partial charge in [-0.05, 0) is 37.0 Å². The molecule has 0 saturated heterocycles. The molecule has 120 valence electrons. The first-order valence-corrected chi connectivity index (χ1v) is 8.32. The maximum Gasteiger partial charge on any atom is 0.253 e. The van der Waals surface area contributed by atoms with E-state index in [1.165, 1.54) is 38.2 Å². The van der Waals surface area contributed by atoms with Crippen LogP contribution in [0.4, 0.5) is 0 Å². The van der Waals surface area contributed by atoms with Crippen LogP contribution in [0.5, 0.6) is 0 Å². The van der Waals surface area contributed by atoms with Gasteiger partial charge in [-0.25, -0.2) is 0 Å². The zero-order valence-electron chi connectivity index (χ0n) is 12.3. The molecule has 1 aromatic rings. The first kappa shape index (κ1) is 17.1. The lowest BCUT2D eigenvalue weighted by atomic mass is 9.89. The summed E-state index contributed by atoms with van der Waals surface area (Å²) in [6.07, 6.45) is 6.13. The number of benzene rings is 1. The number of carbonyl (C=O) groups excluding carboxylic acids is 2. The number of amides is 2. The van der Waals surface area contributed by atoms with E-state index in [-0.39, 0.29) is 23.4 Å². The predicted molar refractivity (Wildman–Crippen MR) is 88.4 cm³/mol. The van der Waals surface area contributed by atoms with Gasteiger partial charge in [-0.3, -0.25) is 9.59 Å². The quantitative estimate of drug-likeness (QED) is 0.861. The molecule has 2 rings (SSSR count). The van der Waals surface area contributed by atoms with Crippen molar-refractivity contribution in [1.82, 2.24) is 10.6 Å². The molecule has 22 heavy (non-hydrogen) atoms. The largest absolute Gasteiger partial charge is 0.354 e. The molecule has 4 nitrogen and oxygen atoms in total. The van der Waals surface area contributed by atoms with Crippen LogP contribution in [-0.2, 0) is 4.79 Å². The van der Waals surface area contributed by atoms with Crippen molar-refractivity contribution >= 4 is 35.0 Å². The van der Waals surface area contributed by atoms with Crippen LogP contribution in [0.3, 0.4) is 0 Å². The van der Waals surface area contributed by atoms with Crippen LogP contribution in [0.2, 0.25) is 10.0 Å². The van der Waals surface area contributed by atoms with Crippen molar-refractivity contribution in [2.75, 3.05) is 13.1 Å². The molecule has 0 bridgehead atoms. The van der Waals surface area contributed by atoms with E-state index in [4.69, 9.17) is 23.2 Å². The molecule has 0 atom stereocenters. The summed E-state index contributed by atoms with van der Waals surface area (Å²) in [6.45, 7) is 0.640. The minimum absolute atomic E-state index is 0.0511. The number of hydrogen-bond donors (Lipinski definition) is 2. The van der Waals surface area contributed by atoms with Gasteiger partial charge in [0.1, 0.15) is 0 Å². The molecule has 1 aromatic carbocycles. The maximum absolute atomic E-state index is 12.0. The van der Waals surface area contributed by atoms with Gasteiger partial charge in [0.25, 0.3) is 5.91 Å². The molecule has 1 fully saturated rings. The minimum atomic E-state index is -0.380. The third-order valence-electron chi connectivity index (χ3n) is 3.90. The van der Waals surface area contributed by atoms with Crippen molar-refractivity contribution in [3.63, 3.8) is 0 Å². The highest BCUT2D eigenvalue weighted by Crippen LogP contribution is 2.22. The van der Waals surface area contributed by atoms with E-state index in [1.807, 2.05) is 0 Å². The SMILES string of the molecule is O=C(CNC(=O)c1ccc(Cl)cc1Cl)NCC1CCCCC1. The van der Waals surface area contributed by atoms with Crippen molar-refractivity contribution in [3.8, 4) is 0 Å². The highest BCUT2D eigenvalue weighted by atomic mass is 35.5. The number of nitrogens with one attached hydrogen (secondary N) is 2. The average molecular weight is 343 g/mol. The van der Waals surface area contributed by atoms with Gasteiger partial charge >= 0.3 is 0 Å². The number of halogens is 2. The smallest absolute Gasteiger partial charge is 0.253 e. The molecule has 6 heteroatoms. The van der Waals surface area contributed by atoms with Crippen LogP contribution in [-0.4, -0.2) is 24.9 Å². The van der Waals surface area contributed by atoms with Crippen molar-refractivity contribution in [3.05, 3.63) is 33.8 Å². The molecule has 2 amide bonds. The second-order valence-electron chi connectivity index (χ2n) is 5.61. The number of rotatable bonds is 5. The Morgan fingerprint density at radius 2 is 1.82 bits per heavy atom. The van der Waals surface area contributed by atoms with Gasteiger partial charge in [-0.15, -0.1) is 0 Å². The summed E-state index contributed by atoms with van der Waals surface area (Å²) in [7, 11) is 0. The Morgan fingerprint density at radius 1 is 1.09 bits per heavy atom. The van der Waals surface area contributed by atoms with Crippen molar-refractivity contribution in [1.29, 1.82) is 0 Å². The van der Waals surface area contributed by atoms with Crippen molar-refractivity contribution in [2.45, 2.75) is 32.1 Å². The van der Waals surface area contributed by atoms with Gasteiger partial charge in [0.05, 0.1) is 17.1 Å². The van der Waals surface area contributed by atoms with Gasteiger partial charge in [0.2, 0.25) is 5.91 Å². The minimum Gasteiger partial charge on any atom is -0.354 e. The third kappa shape index (κ3) is 5.18. The van der Waals surface area contributed by atoms with Gasteiger partial charge in [-0.1, -0.05) is 42.5 Å². The Bertz CT molecular complexity index is 543. The summed E-state index contributed by atoms with van der Waals surface area (Å²) in [5.41, 5.74) is 0.311. The van der Waals surface area contributed by atoms with Crippen LogP contribution < -0.4 is 10.6 Å². The fourth-order valence-electron chi connectivity index (χ4n) is 2.64. The Balaban J connectivity index is 1.74.